The lowest BCUT2D eigenvalue weighted by Gasteiger charge is -2.16. The van der Waals surface area contributed by atoms with Crippen molar-refractivity contribution in [1.82, 2.24) is 5.32 Å². The number of halogens is 1. The maximum atomic E-state index is 11.5. The third kappa shape index (κ3) is 3.73. The summed E-state index contributed by atoms with van der Waals surface area (Å²) in [6.45, 7) is 2.50. The van der Waals surface area contributed by atoms with E-state index >= 15 is 0 Å². The fourth-order valence-corrected chi connectivity index (χ4v) is 1.91. The molecule has 0 heterocycles. The highest BCUT2D eigenvalue weighted by molar-refractivity contribution is 9.10. The van der Waals surface area contributed by atoms with Gasteiger partial charge in [0.25, 0.3) is 0 Å². The zero-order chi connectivity index (χ0) is 12.3. The van der Waals surface area contributed by atoms with Crippen molar-refractivity contribution in [1.29, 1.82) is 0 Å². The van der Waals surface area contributed by atoms with Crippen LogP contribution in [-0.2, 0) is 4.79 Å². The number of carbonyl (C=O) groups is 1. The number of benzene rings is 1. The molecule has 1 N–H and O–H groups in total. The third-order valence-corrected chi connectivity index (χ3v) is 3.33. The lowest BCUT2D eigenvalue weighted by atomic mass is 10.3. The molecule has 0 radical (unpaired) electrons. The Balaban J connectivity index is 1.78. The van der Waals surface area contributed by atoms with Crippen molar-refractivity contribution in [2.75, 3.05) is 6.54 Å². The van der Waals surface area contributed by atoms with E-state index in [0.29, 0.717) is 6.54 Å². The predicted octanol–water partition coefficient (Wildman–Crippen LogP) is 2.74. The number of hydrogen-bond acceptors (Lipinski definition) is 2. The molecule has 0 saturated heterocycles. The minimum absolute atomic E-state index is 0.0311. The first-order chi connectivity index (χ1) is 8.16. The molecular weight excluding hydrogens is 282 g/mol. The molecule has 92 valence electrons. The van der Waals surface area contributed by atoms with Gasteiger partial charge in [-0.1, -0.05) is 12.1 Å². The Kier molecular flexibility index (Phi) is 4.05. The molecule has 1 aliphatic carbocycles. The van der Waals surface area contributed by atoms with Crippen LogP contribution in [0.3, 0.4) is 0 Å². The molecule has 0 aromatic heterocycles. The molecule has 1 atom stereocenters. The molecule has 1 aliphatic rings. The second-order valence-corrected chi connectivity index (χ2v) is 5.23. The first-order valence-corrected chi connectivity index (χ1v) is 6.65. The van der Waals surface area contributed by atoms with Crippen LogP contribution in [0.1, 0.15) is 19.8 Å². The van der Waals surface area contributed by atoms with Crippen molar-refractivity contribution < 1.29 is 9.53 Å². The van der Waals surface area contributed by atoms with Gasteiger partial charge >= 0.3 is 0 Å². The largest absolute Gasteiger partial charge is 0.488 e. The number of nitrogens with one attached hydrogen (secondary N) is 1. The number of para-hydroxylation sites is 1. The number of hydrogen-bond donors (Lipinski definition) is 1. The number of rotatable bonds is 5. The Hall–Kier alpha value is -1.03. The normalized spacial score (nSPS) is 16.4. The number of ether oxygens (including phenoxy) is 1. The van der Waals surface area contributed by atoms with Gasteiger partial charge in [0.15, 0.2) is 0 Å². The molecule has 1 aromatic carbocycles. The smallest absolute Gasteiger partial charge is 0.223 e. The third-order valence-electron chi connectivity index (χ3n) is 2.68. The van der Waals surface area contributed by atoms with Crippen molar-refractivity contribution in [3.8, 4) is 5.75 Å². The van der Waals surface area contributed by atoms with Gasteiger partial charge in [0.2, 0.25) is 5.91 Å². The molecular formula is C13H16BrNO2. The van der Waals surface area contributed by atoms with Crippen molar-refractivity contribution in [3.63, 3.8) is 0 Å². The summed E-state index contributed by atoms with van der Waals surface area (Å²) in [6.07, 6.45) is 2.03. The van der Waals surface area contributed by atoms with Gasteiger partial charge in [0.1, 0.15) is 11.9 Å². The molecule has 1 fully saturated rings. The molecule has 3 nitrogen and oxygen atoms in total. The van der Waals surface area contributed by atoms with Crippen LogP contribution in [0, 0.1) is 5.92 Å². The van der Waals surface area contributed by atoms with Crippen molar-refractivity contribution >= 4 is 21.8 Å². The average Bonchev–Trinajstić information content (AvgIpc) is 3.13. The molecule has 1 saturated carbocycles. The lowest BCUT2D eigenvalue weighted by Crippen LogP contribution is -2.34. The minimum Gasteiger partial charge on any atom is -0.488 e. The summed E-state index contributed by atoms with van der Waals surface area (Å²) in [6, 6.07) is 7.71. The lowest BCUT2D eigenvalue weighted by molar-refractivity contribution is -0.122. The summed E-state index contributed by atoms with van der Waals surface area (Å²) >= 11 is 3.43. The highest BCUT2D eigenvalue weighted by Gasteiger charge is 2.29. The highest BCUT2D eigenvalue weighted by atomic mass is 79.9. The maximum absolute atomic E-state index is 11.5. The summed E-state index contributed by atoms with van der Waals surface area (Å²) in [5.41, 5.74) is 0. The van der Waals surface area contributed by atoms with E-state index in [4.69, 9.17) is 4.74 Å². The van der Waals surface area contributed by atoms with E-state index in [1.807, 2.05) is 31.2 Å². The first-order valence-electron chi connectivity index (χ1n) is 5.85. The molecule has 1 unspecified atom stereocenters. The molecule has 2 rings (SSSR count). The minimum atomic E-state index is -0.0311. The summed E-state index contributed by atoms with van der Waals surface area (Å²) in [7, 11) is 0. The van der Waals surface area contributed by atoms with E-state index in [9.17, 15) is 4.79 Å². The van der Waals surface area contributed by atoms with E-state index in [1.54, 1.807) is 0 Å². The van der Waals surface area contributed by atoms with Gasteiger partial charge in [-0.15, -0.1) is 0 Å². The van der Waals surface area contributed by atoms with Crippen LogP contribution in [0.4, 0.5) is 0 Å². The molecule has 17 heavy (non-hydrogen) atoms. The van der Waals surface area contributed by atoms with Gasteiger partial charge in [0.05, 0.1) is 11.0 Å². The average molecular weight is 298 g/mol. The van der Waals surface area contributed by atoms with Crippen LogP contribution < -0.4 is 10.1 Å². The van der Waals surface area contributed by atoms with Crippen molar-refractivity contribution in [3.05, 3.63) is 28.7 Å². The van der Waals surface area contributed by atoms with E-state index < -0.39 is 0 Å². The van der Waals surface area contributed by atoms with Crippen LogP contribution in [0.25, 0.3) is 0 Å². The molecule has 0 aliphatic heterocycles. The van der Waals surface area contributed by atoms with Crippen molar-refractivity contribution in [2.45, 2.75) is 25.9 Å². The van der Waals surface area contributed by atoms with E-state index in [-0.39, 0.29) is 17.9 Å². The Bertz CT molecular complexity index is 404. The second-order valence-electron chi connectivity index (χ2n) is 4.38. The summed E-state index contributed by atoms with van der Waals surface area (Å²) < 4.78 is 6.66. The quantitative estimate of drug-likeness (QED) is 0.907. The molecule has 1 aromatic rings. The van der Waals surface area contributed by atoms with Crippen LogP contribution in [0.5, 0.6) is 5.75 Å². The molecule has 1 amide bonds. The topological polar surface area (TPSA) is 38.3 Å². The van der Waals surface area contributed by atoms with E-state index in [1.165, 1.54) is 0 Å². The standard InChI is InChI=1S/C13H16BrNO2/c1-9(8-15-13(16)10-6-7-10)17-12-5-3-2-4-11(12)14/h2-5,9-10H,6-8H2,1H3,(H,15,16). The fraction of sp³-hybridized carbons (Fsp3) is 0.462. The number of amides is 1. The summed E-state index contributed by atoms with van der Waals surface area (Å²) in [5, 5.41) is 2.90. The van der Waals surface area contributed by atoms with Gasteiger partial charge in [0, 0.05) is 5.92 Å². The molecule has 0 spiro atoms. The van der Waals surface area contributed by atoms with Crippen molar-refractivity contribution in [2.24, 2.45) is 5.92 Å². The first kappa shape index (κ1) is 12.4. The van der Waals surface area contributed by atoms with Crippen LogP contribution in [-0.4, -0.2) is 18.6 Å². The Morgan fingerprint density at radius 3 is 2.88 bits per heavy atom. The Morgan fingerprint density at radius 2 is 2.24 bits per heavy atom. The Labute approximate surface area is 110 Å². The van der Waals surface area contributed by atoms with Crippen LogP contribution >= 0.6 is 15.9 Å². The van der Waals surface area contributed by atoms with Gasteiger partial charge in [-0.2, -0.15) is 0 Å². The summed E-state index contributed by atoms with van der Waals surface area (Å²) in [5.74, 6) is 1.22. The highest BCUT2D eigenvalue weighted by Crippen LogP contribution is 2.28. The van der Waals surface area contributed by atoms with Gasteiger partial charge < -0.3 is 10.1 Å². The monoisotopic (exact) mass is 297 g/mol. The van der Waals surface area contributed by atoms with Gasteiger partial charge in [-0.05, 0) is 47.8 Å². The predicted molar refractivity (Wildman–Crippen MR) is 70.0 cm³/mol. The SMILES string of the molecule is CC(CNC(=O)C1CC1)Oc1ccccc1Br. The van der Waals surface area contributed by atoms with Gasteiger partial charge in [-0.25, -0.2) is 0 Å². The zero-order valence-electron chi connectivity index (χ0n) is 9.78. The van der Waals surface area contributed by atoms with Crippen LogP contribution in [0.2, 0.25) is 0 Å². The van der Waals surface area contributed by atoms with E-state index in [0.717, 1.165) is 23.1 Å². The summed E-state index contributed by atoms with van der Waals surface area (Å²) in [4.78, 5) is 11.5. The Morgan fingerprint density at radius 1 is 1.53 bits per heavy atom. The van der Waals surface area contributed by atoms with Gasteiger partial charge in [-0.3, -0.25) is 4.79 Å². The maximum Gasteiger partial charge on any atom is 0.223 e. The van der Waals surface area contributed by atoms with Crippen LogP contribution in [0.15, 0.2) is 28.7 Å². The second kappa shape index (κ2) is 5.54. The zero-order valence-corrected chi connectivity index (χ0v) is 11.4. The van der Waals surface area contributed by atoms with E-state index in [2.05, 4.69) is 21.2 Å². The fourth-order valence-electron chi connectivity index (χ4n) is 1.53. The molecule has 4 heteroatoms. The number of carbonyl (C=O) groups excluding carboxylic acids is 1. The molecule has 0 bridgehead atoms.